The van der Waals surface area contributed by atoms with Crippen LogP contribution in [0.15, 0.2) is 46.2 Å². The Labute approximate surface area is 193 Å². The lowest BCUT2D eigenvalue weighted by molar-refractivity contribution is 0.0952. The van der Waals surface area contributed by atoms with Crippen LogP contribution in [0, 0.1) is 12.7 Å². The van der Waals surface area contributed by atoms with E-state index in [0.717, 1.165) is 12.8 Å². The first-order valence-electron chi connectivity index (χ1n) is 11.1. The summed E-state index contributed by atoms with van der Waals surface area (Å²) in [5.74, 6) is -0.0617. The third kappa shape index (κ3) is 3.81. The van der Waals surface area contributed by atoms with Crippen LogP contribution in [0.5, 0.6) is 0 Å². The van der Waals surface area contributed by atoms with Crippen LogP contribution in [0.2, 0.25) is 0 Å². The first-order chi connectivity index (χ1) is 16.4. The van der Waals surface area contributed by atoms with E-state index in [0.29, 0.717) is 29.3 Å². The van der Waals surface area contributed by atoms with Gasteiger partial charge in [-0.25, -0.2) is 19.2 Å². The molecule has 3 heterocycles. The number of nitrogens with one attached hydrogen (secondary N) is 2. The maximum atomic E-state index is 14.7. The summed E-state index contributed by atoms with van der Waals surface area (Å²) >= 11 is 0. The van der Waals surface area contributed by atoms with Crippen LogP contribution in [-0.4, -0.2) is 30.0 Å². The molecule has 4 aromatic rings. The van der Waals surface area contributed by atoms with Gasteiger partial charge >= 0.3 is 5.69 Å². The van der Waals surface area contributed by atoms with E-state index in [1.165, 1.54) is 10.6 Å². The number of carbonyl (C=O) groups is 1. The number of benzene rings is 1. The number of hydrogen-bond donors (Lipinski definition) is 2. The van der Waals surface area contributed by atoms with Crippen molar-refractivity contribution in [2.24, 2.45) is 0 Å². The molecule has 0 saturated heterocycles. The van der Waals surface area contributed by atoms with Gasteiger partial charge in [0.2, 0.25) is 0 Å². The molecule has 1 fully saturated rings. The van der Waals surface area contributed by atoms with Gasteiger partial charge in [0.15, 0.2) is 5.65 Å². The fourth-order valence-electron chi connectivity index (χ4n) is 4.12. The Balaban J connectivity index is 1.47. The molecule has 174 valence electrons. The van der Waals surface area contributed by atoms with Crippen LogP contribution >= 0.6 is 0 Å². The van der Waals surface area contributed by atoms with E-state index in [4.69, 9.17) is 0 Å². The van der Waals surface area contributed by atoms with E-state index in [1.54, 1.807) is 49.0 Å². The molecule has 3 aromatic heterocycles. The van der Waals surface area contributed by atoms with Crippen molar-refractivity contribution < 1.29 is 9.18 Å². The molecule has 9 nitrogen and oxygen atoms in total. The fraction of sp³-hybridized carbons (Fsp3) is 0.292. The Hall–Kier alpha value is -4.08. The number of imidazole rings is 1. The highest BCUT2D eigenvalue weighted by atomic mass is 19.1. The predicted octanol–water partition coefficient (Wildman–Crippen LogP) is 2.55. The lowest BCUT2D eigenvalue weighted by Gasteiger charge is -2.13. The fourth-order valence-corrected chi connectivity index (χ4v) is 4.12. The van der Waals surface area contributed by atoms with E-state index < -0.39 is 23.0 Å². The third-order valence-corrected chi connectivity index (χ3v) is 6.08. The number of hydrogen-bond acceptors (Lipinski definition) is 5. The summed E-state index contributed by atoms with van der Waals surface area (Å²) < 4.78 is 17.7. The minimum atomic E-state index is -0.657. The van der Waals surface area contributed by atoms with Crippen LogP contribution in [-0.2, 0) is 13.1 Å². The van der Waals surface area contributed by atoms with Gasteiger partial charge in [0.05, 0.1) is 16.6 Å². The topological polar surface area (TPSA) is 115 Å². The zero-order valence-electron chi connectivity index (χ0n) is 18.8. The molecular formula is C24H23FN6O3. The Morgan fingerprint density at radius 3 is 2.71 bits per heavy atom. The molecule has 10 heteroatoms. The van der Waals surface area contributed by atoms with Gasteiger partial charge in [-0.3, -0.25) is 19.1 Å². The minimum Gasteiger partial charge on any atom is -0.348 e. The second-order valence-electron chi connectivity index (χ2n) is 8.38. The normalized spacial score (nSPS) is 13.4. The number of aromatic nitrogens is 5. The van der Waals surface area contributed by atoms with Gasteiger partial charge in [-0.05, 0) is 50.5 Å². The summed E-state index contributed by atoms with van der Waals surface area (Å²) in [5, 5.41) is 2.84. The number of H-pyrrole nitrogens is 1. The summed E-state index contributed by atoms with van der Waals surface area (Å²) in [6.07, 6.45) is 5.16. The Morgan fingerprint density at radius 1 is 1.26 bits per heavy atom. The number of halogens is 1. The van der Waals surface area contributed by atoms with E-state index >= 15 is 0 Å². The zero-order chi connectivity index (χ0) is 24.0. The molecule has 1 amide bonds. The maximum absolute atomic E-state index is 14.7. The monoisotopic (exact) mass is 462 g/mol. The average molecular weight is 462 g/mol. The molecule has 2 N–H and O–H groups in total. The second-order valence-corrected chi connectivity index (χ2v) is 8.38. The van der Waals surface area contributed by atoms with Crippen molar-refractivity contribution in [3.05, 3.63) is 86.0 Å². The summed E-state index contributed by atoms with van der Waals surface area (Å²) in [5.41, 5.74) is 0.761. The first kappa shape index (κ1) is 21.7. The third-order valence-electron chi connectivity index (χ3n) is 6.08. The van der Waals surface area contributed by atoms with Gasteiger partial charge in [0.1, 0.15) is 11.6 Å². The molecule has 5 rings (SSSR count). The lowest BCUT2D eigenvalue weighted by atomic mass is 10.1. The standard InChI is InChI=1S/C24H23FN6O3/c1-3-30-21-20(23(33)29-24(30)34)16(11-18(28-21)15-5-6-15)22(32)27-12-14-4-7-19(17(25)10-14)31-9-8-26-13(31)2/h4,7-11,15H,3,5-6,12H2,1-2H3,(H,27,32)(H,29,33,34). The number of aromatic amines is 1. The number of pyridine rings is 1. The largest absolute Gasteiger partial charge is 0.348 e. The van der Waals surface area contributed by atoms with Crippen molar-refractivity contribution in [2.45, 2.75) is 45.7 Å². The molecule has 0 unspecified atom stereocenters. The Kier molecular flexibility index (Phi) is 5.35. The Morgan fingerprint density at radius 2 is 2.06 bits per heavy atom. The van der Waals surface area contributed by atoms with E-state index in [2.05, 4.69) is 20.3 Å². The van der Waals surface area contributed by atoms with Gasteiger partial charge in [0, 0.05) is 37.1 Å². The smallest absolute Gasteiger partial charge is 0.329 e. The second kappa shape index (κ2) is 8.36. The number of nitrogens with zero attached hydrogens (tertiary/aromatic N) is 4. The quantitative estimate of drug-likeness (QED) is 0.457. The summed E-state index contributed by atoms with van der Waals surface area (Å²) in [7, 11) is 0. The highest BCUT2D eigenvalue weighted by Gasteiger charge is 2.28. The lowest BCUT2D eigenvalue weighted by Crippen LogP contribution is -2.33. The molecule has 1 saturated carbocycles. The van der Waals surface area contributed by atoms with Crippen LogP contribution in [0.4, 0.5) is 4.39 Å². The van der Waals surface area contributed by atoms with Crippen LogP contribution < -0.4 is 16.6 Å². The molecule has 0 bridgehead atoms. The minimum absolute atomic E-state index is 0.0623. The highest BCUT2D eigenvalue weighted by Crippen LogP contribution is 2.39. The van der Waals surface area contributed by atoms with Gasteiger partial charge in [-0.15, -0.1) is 0 Å². The molecule has 0 atom stereocenters. The number of fused-ring (bicyclic) bond motifs is 1. The van der Waals surface area contributed by atoms with Crippen molar-refractivity contribution in [1.82, 2.24) is 29.4 Å². The van der Waals surface area contributed by atoms with Crippen molar-refractivity contribution in [2.75, 3.05) is 0 Å². The average Bonchev–Trinajstić information content (AvgIpc) is 3.58. The van der Waals surface area contributed by atoms with Crippen molar-refractivity contribution in [3.63, 3.8) is 0 Å². The molecule has 34 heavy (non-hydrogen) atoms. The number of carbonyl (C=O) groups excluding carboxylic acids is 1. The predicted molar refractivity (Wildman–Crippen MR) is 124 cm³/mol. The van der Waals surface area contributed by atoms with Gasteiger partial charge in [-0.1, -0.05) is 6.07 Å². The molecule has 0 spiro atoms. The van der Waals surface area contributed by atoms with Crippen molar-refractivity contribution >= 4 is 16.9 Å². The van der Waals surface area contributed by atoms with E-state index in [-0.39, 0.29) is 29.1 Å². The van der Waals surface area contributed by atoms with E-state index in [1.807, 2.05) is 0 Å². The zero-order valence-corrected chi connectivity index (χ0v) is 18.8. The van der Waals surface area contributed by atoms with Gasteiger partial charge in [-0.2, -0.15) is 0 Å². The molecule has 0 radical (unpaired) electrons. The number of aryl methyl sites for hydroxylation is 2. The Bertz CT molecular complexity index is 1550. The molecule has 1 aromatic carbocycles. The van der Waals surface area contributed by atoms with Crippen molar-refractivity contribution in [1.29, 1.82) is 0 Å². The van der Waals surface area contributed by atoms with Crippen LogP contribution in [0.25, 0.3) is 16.7 Å². The summed E-state index contributed by atoms with van der Waals surface area (Å²) in [6.45, 7) is 3.92. The maximum Gasteiger partial charge on any atom is 0.329 e. The molecule has 1 aliphatic rings. The first-order valence-corrected chi connectivity index (χ1v) is 11.1. The SMILES string of the molecule is CCn1c(=O)[nH]c(=O)c2c(C(=O)NCc3ccc(-n4ccnc4C)c(F)c3)cc(C3CC3)nc21. The molecule has 1 aliphatic carbocycles. The van der Waals surface area contributed by atoms with Crippen molar-refractivity contribution in [3.8, 4) is 5.69 Å². The molecule has 0 aliphatic heterocycles. The molecular weight excluding hydrogens is 439 g/mol. The van der Waals surface area contributed by atoms with Gasteiger partial charge < -0.3 is 9.88 Å². The van der Waals surface area contributed by atoms with Crippen LogP contribution in [0.3, 0.4) is 0 Å². The highest BCUT2D eigenvalue weighted by molar-refractivity contribution is 6.05. The summed E-state index contributed by atoms with van der Waals surface area (Å²) in [6, 6.07) is 6.33. The number of amides is 1. The van der Waals surface area contributed by atoms with E-state index in [9.17, 15) is 18.8 Å². The number of rotatable bonds is 6. The van der Waals surface area contributed by atoms with Gasteiger partial charge in [0.25, 0.3) is 11.5 Å². The van der Waals surface area contributed by atoms with Crippen LogP contribution in [0.1, 0.15) is 53.1 Å². The summed E-state index contributed by atoms with van der Waals surface area (Å²) in [4.78, 5) is 49.0.